The fraction of sp³-hybridized carbons (Fsp3) is 0.606. The number of likely N-dealkylation sites (tertiary alicyclic amines) is 1. The van der Waals surface area contributed by atoms with Gasteiger partial charge in [0.25, 0.3) is 5.91 Å². The van der Waals surface area contributed by atoms with Crippen molar-refractivity contribution in [3.63, 3.8) is 0 Å². The molecule has 224 valence electrons. The van der Waals surface area contributed by atoms with Crippen LogP contribution in [0.2, 0.25) is 0 Å². The summed E-state index contributed by atoms with van der Waals surface area (Å²) in [5, 5.41) is 2.96. The Morgan fingerprint density at radius 1 is 0.929 bits per heavy atom. The van der Waals surface area contributed by atoms with E-state index < -0.39 is 5.66 Å². The van der Waals surface area contributed by atoms with Crippen LogP contribution in [-0.4, -0.2) is 88.0 Å². The molecular weight excluding hydrogens is 528 g/mol. The monoisotopic (exact) mass is 572 g/mol. The first-order valence-electron chi connectivity index (χ1n) is 16.1. The van der Waals surface area contributed by atoms with Gasteiger partial charge in [0.05, 0.1) is 0 Å². The Kier molecular flexibility index (Phi) is 8.56. The van der Waals surface area contributed by atoms with Crippen molar-refractivity contribution in [1.82, 2.24) is 20.0 Å². The van der Waals surface area contributed by atoms with Crippen molar-refractivity contribution in [2.75, 3.05) is 26.2 Å². The number of fused-ring (bicyclic) bond motifs is 1. The number of imide groups is 1. The zero-order chi connectivity index (χ0) is 29.1. The Morgan fingerprint density at radius 3 is 2.24 bits per heavy atom. The molecule has 0 spiro atoms. The van der Waals surface area contributed by atoms with Crippen molar-refractivity contribution in [3.8, 4) is 0 Å². The van der Waals surface area contributed by atoms with E-state index in [-0.39, 0.29) is 29.9 Å². The van der Waals surface area contributed by atoms with E-state index in [1.54, 1.807) is 12.2 Å². The van der Waals surface area contributed by atoms with Gasteiger partial charge in [-0.2, -0.15) is 0 Å². The first-order valence-corrected chi connectivity index (χ1v) is 16.1. The number of benzene rings is 1. The molecule has 2 saturated heterocycles. The third-order valence-corrected chi connectivity index (χ3v) is 9.69. The maximum absolute atomic E-state index is 14.1. The van der Waals surface area contributed by atoms with Crippen LogP contribution in [0, 0.1) is 0 Å². The number of aliphatic imine (C=N–C) groups is 2. The highest BCUT2D eigenvalue weighted by Crippen LogP contribution is 2.40. The fourth-order valence-corrected chi connectivity index (χ4v) is 7.38. The average Bonchev–Trinajstić information content (AvgIpc) is 3.66. The van der Waals surface area contributed by atoms with Crippen molar-refractivity contribution in [2.45, 2.75) is 102 Å². The Labute approximate surface area is 249 Å². The van der Waals surface area contributed by atoms with Crippen molar-refractivity contribution in [2.24, 2.45) is 9.98 Å². The zero-order valence-electron chi connectivity index (χ0n) is 24.9. The summed E-state index contributed by atoms with van der Waals surface area (Å²) in [6.45, 7) is 5.67. The van der Waals surface area contributed by atoms with Crippen LogP contribution >= 0.6 is 0 Å². The summed E-state index contributed by atoms with van der Waals surface area (Å²) in [6, 6.07) is 7.49. The lowest BCUT2D eigenvalue weighted by Crippen LogP contribution is -2.71. The molecule has 0 aromatic heterocycles. The van der Waals surface area contributed by atoms with Crippen LogP contribution in [0.1, 0.15) is 95.1 Å². The molecule has 4 fully saturated rings. The Morgan fingerprint density at radius 2 is 1.57 bits per heavy atom. The molecule has 4 amide bonds. The number of rotatable bonds is 8. The summed E-state index contributed by atoms with van der Waals surface area (Å²) in [5.74, 6) is 0.0981. The van der Waals surface area contributed by atoms with E-state index >= 15 is 0 Å². The van der Waals surface area contributed by atoms with Crippen molar-refractivity contribution in [1.29, 1.82) is 0 Å². The lowest BCUT2D eigenvalue weighted by molar-refractivity contribution is -0.127. The second-order valence-corrected chi connectivity index (χ2v) is 12.6. The summed E-state index contributed by atoms with van der Waals surface area (Å²) < 4.78 is 0. The van der Waals surface area contributed by atoms with Crippen LogP contribution in [0.4, 0.5) is 4.79 Å². The molecule has 2 aliphatic carbocycles. The molecule has 42 heavy (non-hydrogen) atoms. The van der Waals surface area contributed by atoms with Gasteiger partial charge in [-0.1, -0.05) is 62.8 Å². The largest absolute Gasteiger partial charge is 0.351 e. The van der Waals surface area contributed by atoms with Crippen LogP contribution in [0.25, 0.3) is 6.08 Å². The Bertz CT molecular complexity index is 1270. The minimum Gasteiger partial charge on any atom is -0.351 e. The Hall–Kier alpha value is -3.33. The molecule has 1 N–H and O–H groups in total. The number of hydrogen-bond donors (Lipinski definition) is 1. The van der Waals surface area contributed by atoms with Gasteiger partial charge in [0.1, 0.15) is 0 Å². The maximum Gasteiger partial charge on any atom is 0.329 e. The molecule has 9 nitrogen and oxygen atoms in total. The predicted octanol–water partition coefficient (Wildman–Crippen LogP) is 4.76. The van der Waals surface area contributed by atoms with Gasteiger partial charge in [0.2, 0.25) is 5.91 Å². The molecule has 1 aromatic carbocycles. The highest BCUT2D eigenvalue weighted by Gasteiger charge is 2.57. The molecule has 6 rings (SSSR count). The molecule has 3 heterocycles. The number of nitrogens with one attached hydrogen (secondary N) is 1. The van der Waals surface area contributed by atoms with Crippen LogP contribution < -0.4 is 5.32 Å². The number of carbonyl (C=O) groups is 3. The number of amidine groups is 1. The average molecular weight is 573 g/mol. The first-order chi connectivity index (χ1) is 20.4. The zero-order valence-corrected chi connectivity index (χ0v) is 24.9. The quantitative estimate of drug-likeness (QED) is 0.454. The Balaban J connectivity index is 1.19. The second kappa shape index (κ2) is 12.5. The van der Waals surface area contributed by atoms with E-state index in [0.29, 0.717) is 18.1 Å². The lowest BCUT2D eigenvalue weighted by Gasteiger charge is -2.50. The first kappa shape index (κ1) is 28.8. The number of carbonyl (C=O) groups excluding carboxylic acids is 3. The van der Waals surface area contributed by atoms with Gasteiger partial charge in [-0.05, 0) is 70.2 Å². The van der Waals surface area contributed by atoms with E-state index in [1.165, 1.54) is 24.2 Å². The maximum atomic E-state index is 14.1. The number of hydrogen-bond acceptors (Lipinski definition) is 6. The van der Waals surface area contributed by atoms with Crippen molar-refractivity contribution < 1.29 is 14.4 Å². The molecule has 0 bridgehead atoms. The van der Waals surface area contributed by atoms with Gasteiger partial charge in [-0.25, -0.2) is 14.8 Å². The molecule has 5 aliphatic rings. The third-order valence-electron chi connectivity index (χ3n) is 9.69. The van der Waals surface area contributed by atoms with E-state index in [9.17, 15) is 14.4 Å². The highest BCUT2D eigenvalue weighted by molar-refractivity contribution is 6.49. The summed E-state index contributed by atoms with van der Waals surface area (Å²) in [6.07, 6.45) is 16.0. The summed E-state index contributed by atoms with van der Waals surface area (Å²) in [7, 11) is 0. The third kappa shape index (κ3) is 5.80. The standard InChI is InChI=1S/C33H44N6O3/c1-33-29(31(41)38(26-10-4-2-5-11-26)32(42)39(33)27-12-6-3-7-13-27)35-30(36-33)25-17-14-24(15-18-25)16-19-28(40)34-20-23-37-21-8-9-22-37/h14-19,26-27H,2-13,20-23H2,1H3,(H,34,40)/b19-16+. The van der Waals surface area contributed by atoms with E-state index in [4.69, 9.17) is 9.98 Å². The van der Waals surface area contributed by atoms with Gasteiger partial charge in [-0.15, -0.1) is 0 Å². The van der Waals surface area contributed by atoms with Gasteiger partial charge in [0, 0.05) is 36.8 Å². The van der Waals surface area contributed by atoms with Gasteiger partial charge >= 0.3 is 6.03 Å². The van der Waals surface area contributed by atoms with Crippen LogP contribution in [-0.2, 0) is 9.59 Å². The SMILES string of the molecule is CC12N=C(c3ccc(/C=C/C(=O)NCCN4CCCC4)cc3)N=C1C(=O)N(C1CCCCC1)C(=O)N2C1CCCCC1. The molecule has 2 saturated carbocycles. The van der Waals surface area contributed by atoms with E-state index in [2.05, 4.69) is 10.2 Å². The molecular formula is C33H44N6O3. The fourth-order valence-electron chi connectivity index (χ4n) is 7.38. The predicted molar refractivity (Wildman–Crippen MR) is 164 cm³/mol. The minimum atomic E-state index is -1.09. The second-order valence-electron chi connectivity index (χ2n) is 12.6. The molecule has 0 radical (unpaired) electrons. The lowest BCUT2D eigenvalue weighted by atomic mass is 9.88. The smallest absolute Gasteiger partial charge is 0.329 e. The van der Waals surface area contributed by atoms with Crippen LogP contribution in [0.15, 0.2) is 40.3 Å². The topological polar surface area (TPSA) is 97.7 Å². The molecule has 3 aliphatic heterocycles. The van der Waals surface area contributed by atoms with E-state index in [1.807, 2.05) is 36.1 Å². The summed E-state index contributed by atoms with van der Waals surface area (Å²) in [5.41, 5.74) is 0.950. The molecule has 9 heteroatoms. The minimum absolute atomic E-state index is 0.0535. The number of urea groups is 1. The summed E-state index contributed by atoms with van der Waals surface area (Å²) >= 11 is 0. The molecule has 1 unspecified atom stereocenters. The van der Waals surface area contributed by atoms with Crippen molar-refractivity contribution >= 4 is 35.5 Å². The van der Waals surface area contributed by atoms with Gasteiger partial charge in [0.15, 0.2) is 17.2 Å². The summed E-state index contributed by atoms with van der Waals surface area (Å²) in [4.78, 5) is 55.9. The number of nitrogens with zero attached hydrogens (tertiary/aromatic N) is 5. The van der Waals surface area contributed by atoms with Crippen LogP contribution in [0.5, 0.6) is 0 Å². The van der Waals surface area contributed by atoms with E-state index in [0.717, 1.165) is 88.5 Å². The van der Waals surface area contributed by atoms with Gasteiger partial charge < -0.3 is 10.2 Å². The van der Waals surface area contributed by atoms with Crippen molar-refractivity contribution in [3.05, 3.63) is 41.5 Å². The van der Waals surface area contributed by atoms with Gasteiger partial charge in [-0.3, -0.25) is 19.4 Å². The normalized spacial score (nSPS) is 26.1. The molecule has 1 aromatic rings. The van der Waals surface area contributed by atoms with Crippen LogP contribution in [0.3, 0.4) is 0 Å². The highest BCUT2D eigenvalue weighted by atomic mass is 16.2. The molecule has 1 atom stereocenters. The number of amides is 4.